The van der Waals surface area contributed by atoms with E-state index in [9.17, 15) is 19.5 Å². The fourth-order valence-corrected chi connectivity index (χ4v) is 3.98. The number of benzene rings is 1. The number of Topliss-reactive ketones (excluding diaryl/α,β-unsaturated/α-hetero) is 1. The van der Waals surface area contributed by atoms with E-state index < -0.39 is 41.1 Å². The van der Waals surface area contributed by atoms with Crippen molar-refractivity contribution in [2.45, 2.75) is 58.5 Å². The molecule has 1 aliphatic rings. The molecule has 4 atom stereocenters. The zero-order valence-electron chi connectivity index (χ0n) is 17.2. The minimum Gasteiger partial charge on any atom is -0.466 e. The van der Waals surface area contributed by atoms with Crippen LogP contribution in [0.4, 0.5) is 0 Å². The number of hydrogen-bond donors (Lipinski definition) is 1. The van der Waals surface area contributed by atoms with Crippen LogP contribution < -0.4 is 0 Å². The summed E-state index contributed by atoms with van der Waals surface area (Å²) in [5, 5.41) is 10.9. The maximum Gasteiger partial charge on any atom is 0.317 e. The molecule has 1 saturated carbocycles. The zero-order chi connectivity index (χ0) is 21.1. The number of ether oxygens (including phenoxy) is 2. The van der Waals surface area contributed by atoms with Crippen LogP contribution in [0, 0.1) is 11.8 Å². The molecule has 0 radical (unpaired) electrons. The van der Waals surface area contributed by atoms with Crippen molar-refractivity contribution in [2.24, 2.45) is 11.8 Å². The summed E-state index contributed by atoms with van der Waals surface area (Å²) >= 11 is 0. The third-order valence-corrected chi connectivity index (χ3v) is 5.34. The number of ketones is 1. The largest absolute Gasteiger partial charge is 0.466 e. The van der Waals surface area contributed by atoms with E-state index in [1.54, 1.807) is 13.8 Å². The third kappa shape index (κ3) is 4.43. The zero-order valence-corrected chi connectivity index (χ0v) is 17.2. The lowest BCUT2D eigenvalue weighted by Crippen LogP contribution is -2.55. The van der Waals surface area contributed by atoms with E-state index in [-0.39, 0.29) is 19.6 Å². The van der Waals surface area contributed by atoms with E-state index >= 15 is 0 Å². The molecule has 0 bridgehead atoms. The Morgan fingerprint density at radius 3 is 2.14 bits per heavy atom. The van der Waals surface area contributed by atoms with Crippen LogP contribution in [-0.2, 0) is 23.9 Å². The second-order valence-corrected chi connectivity index (χ2v) is 7.81. The summed E-state index contributed by atoms with van der Waals surface area (Å²) in [6, 6.07) is 7.46. The second kappa shape index (κ2) is 8.86. The van der Waals surface area contributed by atoms with Gasteiger partial charge in [0.1, 0.15) is 5.92 Å². The highest BCUT2D eigenvalue weighted by Gasteiger charge is 2.57. The Morgan fingerprint density at radius 2 is 1.64 bits per heavy atom. The predicted molar refractivity (Wildman–Crippen MR) is 104 cm³/mol. The van der Waals surface area contributed by atoms with Gasteiger partial charge >= 0.3 is 11.9 Å². The molecule has 0 unspecified atom stereocenters. The van der Waals surface area contributed by atoms with Crippen molar-refractivity contribution in [3.8, 4) is 0 Å². The lowest BCUT2D eigenvalue weighted by molar-refractivity contribution is -0.172. The highest BCUT2D eigenvalue weighted by Crippen LogP contribution is 2.46. The van der Waals surface area contributed by atoms with E-state index in [2.05, 4.69) is 13.8 Å². The van der Waals surface area contributed by atoms with Gasteiger partial charge in [0.05, 0.1) is 24.7 Å². The Morgan fingerprint density at radius 1 is 1.11 bits per heavy atom. The first-order valence-corrected chi connectivity index (χ1v) is 9.82. The number of carbonyl (C=O) groups excluding carboxylic acids is 3. The van der Waals surface area contributed by atoms with E-state index in [1.165, 1.54) is 6.92 Å². The summed E-state index contributed by atoms with van der Waals surface area (Å²) in [6.45, 7) is 9.18. The molecule has 1 aromatic rings. The van der Waals surface area contributed by atoms with Crippen molar-refractivity contribution < 1.29 is 29.0 Å². The van der Waals surface area contributed by atoms with Crippen molar-refractivity contribution in [3.05, 3.63) is 35.4 Å². The smallest absolute Gasteiger partial charge is 0.317 e. The molecule has 0 spiro atoms. The summed E-state index contributed by atoms with van der Waals surface area (Å²) in [7, 11) is 0. The Labute approximate surface area is 166 Å². The van der Waals surface area contributed by atoms with Gasteiger partial charge in [0, 0.05) is 12.3 Å². The molecule has 1 N–H and O–H groups in total. The fraction of sp³-hybridized carbons (Fsp3) is 0.591. The summed E-state index contributed by atoms with van der Waals surface area (Å²) < 4.78 is 10.3. The van der Waals surface area contributed by atoms with E-state index in [0.29, 0.717) is 11.5 Å². The van der Waals surface area contributed by atoms with Crippen molar-refractivity contribution in [1.82, 2.24) is 0 Å². The van der Waals surface area contributed by atoms with Gasteiger partial charge in [-0.3, -0.25) is 14.4 Å². The van der Waals surface area contributed by atoms with E-state index in [4.69, 9.17) is 9.47 Å². The van der Waals surface area contributed by atoms with Crippen LogP contribution in [0.5, 0.6) is 0 Å². The average molecular weight is 390 g/mol. The predicted octanol–water partition coefficient (Wildman–Crippen LogP) is 2.98. The van der Waals surface area contributed by atoms with E-state index in [1.807, 2.05) is 24.3 Å². The molecule has 0 saturated heterocycles. The molecule has 28 heavy (non-hydrogen) atoms. The minimum atomic E-state index is -1.62. The van der Waals surface area contributed by atoms with Gasteiger partial charge in [-0.25, -0.2) is 0 Å². The number of hydrogen-bond acceptors (Lipinski definition) is 6. The van der Waals surface area contributed by atoms with Gasteiger partial charge in [-0.2, -0.15) is 0 Å². The molecular formula is C22H30O6. The summed E-state index contributed by atoms with van der Waals surface area (Å²) in [5.41, 5.74) is 0.111. The molecule has 1 aliphatic carbocycles. The molecule has 0 amide bonds. The molecule has 154 valence electrons. The van der Waals surface area contributed by atoms with Crippen molar-refractivity contribution in [2.75, 3.05) is 13.2 Å². The van der Waals surface area contributed by atoms with Crippen molar-refractivity contribution in [1.29, 1.82) is 0 Å². The number of rotatable bonds is 6. The standard InChI is InChI=1S/C22H30O6/c1-6-27-20(24)18-16(23)12-22(5,26)19(21(25)28-7-2)17(18)15-10-8-14(9-11-15)13(3)4/h8-11,13,17-19,26H,6-7,12H2,1-5H3/t17-,18-,19-,22+/m1/s1. The molecular weight excluding hydrogens is 360 g/mol. The fourth-order valence-electron chi connectivity index (χ4n) is 3.98. The maximum absolute atomic E-state index is 12.8. The van der Waals surface area contributed by atoms with Crippen LogP contribution >= 0.6 is 0 Å². The van der Waals surface area contributed by atoms with Gasteiger partial charge in [0.15, 0.2) is 5.78 Å². The molecule has 0 aromatic heterocycles. The first kappa shape index (κ1) is 22.1. The summed E-state index contributed by atoms with van der Waals surface area (Å²) in [6.07, 6.45) is -0.305. The Balaban J connectivity index is 2.59. The van der Waals surface area contributed by atoms with Crippen molar-refractivity contribution in [3.63, 3.8) is 0 Å². The van der Waals surface area contributed by atoms with Gasteiger partial charge in [-0.15, -0.1) is 0 Å². The summed E-state index contributed by atoms with van der Waals surface area (Å²) in [4.78, 5) is 38.2. The molecule has 1 aromatic carbocycles. The maximum atomic E-state index is 12.8. The topological polar surface area (TPSA) is 89.9 Å². The van der Waals surface area contributed by atoms with Crippen LogP contribution in [0.1, 0.15) is 64.0 Å². The van der Waals surface area contributed by atoms with Gasteiger partial charge in [0.25, 0.3) is 0 Å². The lowest BCUT2D eigenvalue weighted by Gasteiger charge is -2.43. The van der Waals surface area contributed by atoms with Crippen LogP contribution in [0.15, 0.2) is 24.3 Å². The van der Waals surface area contributed by atoms with Gasteiger partial charge in [-0.05, 0) is 37.8 Å². The third-order valence-electron chi connectivity index (χ3n) is 5.34. The average Bonchev–Trinajstić information content (AvgIpc) is 2.60. The van der Waals surface area contributed by atoms with Crippen molar-refractivity contribution >= 4 is 17.7 Å². The van der Waals surface area contributed by atoms with Crippen LogP contribution in [0.25, 0.3) is 0 Å². The van der Waals surface area contributed by atoms with Gasteiger partial charge in [-0.1, -0.05) is 38.1 Å². The minimum absolute atomic E-state index is 0.127. The quantitative estimate of drug-likeness (QED) is 0.593. The van der Waals surface area contributed by atoms with E-state index in [0.717, 1.165) is 5.56 Å². The monoisotopic (exact) mass is 390 g/mol. The molecule has 2 rings (SSSR count). The van der Waals surface area contributed by atoms with Gasteiger partial charge in [0.2, 0.25) is 0 Å². The number of aliphatic hydroxyl groups is 1. The SMILES string of the molecule is CCOC(=O)[C@@H]1C(=O)C[C@](C)(O)[C@@H](C(=O)OCC)[C@@H]1c1ccc(C(C)C)cc1. The highest BCUT2D eigenvalue weighted by molar-refractivity contribution is 6.02. The molecule has 0 heterocycles. The first-order valence-electron chi connectivity index (χ1n) is 9.82. The molecule has 0 aliphatic heterocycles. The van der Waals surface area contributed by atoms with Crippen LogP contribution in [-0.4, -0.2) is 41.6 Å². The molecule has 6 nitrogen and oxygen atoms in total. The summed E-state index contributed by atoms with van der Waals surface area (Å²) in [5.74, 6) is -4.46. The molecule has 6 heteroatoms. The Hall–Kier alpha value is -2.21. The first-order chi connectivity index (χ1) is 13.1. The second-order valence-electron chi connectivity index (χ2n) is 7.81. The lowest BCUT2D eigenvalue weighted by atomic mass is 9.61. The highest BCUT2D eigenvalue weighted by atomic mass is 16.5. The normalized spacial score (nSPS) is 27.5. The Bertz CT molecular complexity index is 719. The number of esters is 2. The van der Waals surface area contributed by atoms with Gasteiger partial charge < -0.3 is 14.6 Å². The Kier molecular flexibility index (Phi) is 6.99. The van der Waals surface area contributed by atoms with Crippen LogP contribution in [0.2, 0.25) is 0 Å². The van der Waals surface area contributed by atoms with Crippen LogP contribution in [0.3, 0.4) is 0 Å². The molecule has 1 fully saturated rings. The number of carbonyl (C=O) groups is 3.